The number of carbonyl (C=O) groups excluding carboxylic acids is 1. The first-order valence-corrected chi connectivity index (χ1v) is 10.2. The molecule has 2 atom stereocenters. The monoisotopic (exact) mass is 367 g/mol. The third-order valence-corrected chi connectivity index (χ3v) is 6.70. The van der Waals surface area contributed by atoms with E-state index in [1.165, 1.54) is 25.9 Å². The van der Waals surface area contributed by atoms with Crippen LogP contribution in [0.5, 0.6) is 0 Å². The Balaban J connectivity index is 1.40. The number of fused-ring (bicyclic) bond motifs is 3. The molecule has 1 aromatic heterocycles. The van der Waals surface area contributed by atoms with Gasteiger partial charge in [-0.1, -0.05) is 11.8 Å². The van der Waals surface area contributed by atoms with E-state index in [9.17, 15) is 4.79 Å². The lowest BCUT2D eigenvalue weighted by molar-refractivity contribution is 0.0217. The molecular weight excluding hydrogens is 342 g/mol. The third kappa shape index (κ3) is 3.64. The topological polar surface area (TPSA) is 45.2 Å². The summed E-state index contributed by atoms with van der Waals surface area (Å²) < 4.78 is 0. The van der Waals surface area contributed by atoms with Crippen LogP contribution >= 0.6 is 11.8 Å². The second-order valence-electron chi connectivity index (χ2n) is 7.37. The smallest absolute Gasteiger partial charge is 0.251 e. The molecule has 0 aliphatic carbocycles. The number of nitrogens with zero attached hydrogens (tertiary/aromatic N) is 2. The Kier molecular flexibility index (Phi) is 5.00. The Morgan fingerprint density at radius 1 is 1.12 bits per heavy atom. The number of rotatable bonds is 4. The highest BCUT2D eigenvalue weighted by Crippen LogP contribution is 2.32. The summed E-state index contributed by atoms with van der Waals surface area (Å²) in [7, 11) is 0. The number of hydrogen-bond acceptors (Lipinski definition) is 4. The van der Waals surface area contributed by atoms with Gasteiger partial charge in [0.25, 0.3) is 5.91 Å². The van der Waals surface area contributed by atoms with Gasteiger partial charge in [-0.05, 0) is 82.1 Å². The van der Waals surface area contributed by atoms with Crippen LogP contribution in [0.1, 0.15) is 35.8 Å². The van der Waals surface area contributed by atoms with E-state index in [1.807, 2.05) is 43.5 Å². The molecule has 3 aliphatic heterocycles. The molecule has 2 unspecified atom stereocenters. The van der Waals surface area contributed by atoms with Gasteiger partial charge in [-0.3, -0.25) is 14.7 Å². The Bertz CT molecular complexity index is 765. The van der Waals surface area contributed by atoms with Crippen molar-refractivity contribution in [1.82, 2.24) is 15.2 Å². The molecule has 4 heterocycles. The summed E-state index contributed by atoms with van der Waals surface area (Å²) in [6.07, 6.45) is 4.29. The summed E-state index contributed by atoms with van der Waals surface area (Å²) in [5.74, 6) is 0.673. The highest BCUT2D eigenvalue weighted by molar-refractivity contribution is 7.99. The molecule has 4 nitrogen and oxygen atoms in total. The number of piperidine rings is 3. The zero-order valence-electron chi connectivity index (χ0n) is 15.3. The van der Waals surface area contributed by atoms with E-state index in [1.54, 1.807) is 11.8 Å². The second kappa shape index (κ2) is 7.41. The van der Waals surface area contributed by atoms with Gasteiger partial charge in [0.15, 0.2) is 0 Å². The van der Waals surface area contributed by atoms with E-state index in [2.05, 4.69) is 28.2 Å². The fraction of sp³-hybridized carbons (Fsp3) is 0.429. The van der Waals surface area contributed by atoms with Gasteiger partial charge in [-0.15, -0.1) is 0 Å². The van der Waals surface area contributed by atoms with E-state index in [-0.39, 0.29) is 11.9 Å². The minimum atomic E-state index is 0.0455. The molecule has 2 aromatic rings. The van der Waals surface area contributed by atoms with Crippen LogP contribution in [0.15, 0.2) is 52.4 Å². The number of nitrogens with one attached hydrogen (secondary N) is 1. The average molecular weight is 368 g/mol. The molecule has 1 amide bonds. The summed E-state index contributed by atoms with van der Waals surface area (Å²) in [5, 5.41) is 3.29. The van der Waals surface area contributed by atoms with Gasteiger partial charge in [0.2, 0.25) is 0 Å². The number of amides is 1. The van der Waals surface area contributed by atoms with Gasteiger partial charge >= 0.3 is 0 Å². The van der Waals surface area contributed by atoms with Crippen molar-refractivity contribution in [1.29, 1.82) is 0 Å². The van der Waals surface area contributed by atoms with Crippen LogP contribution in [0.25, 0.3) is 0 Å². The highest BCUT2D eigenvalue weighted by atomic mass is 32.2. The lowest BCUT2D eigenvalue weighted by atomic mass is 9.79. The van der Waals surface area contributed by atoms with Crippen LogP contribution in [0.2, 0.25) is 0 Å². The Labute approximate surface area is 159 Å². The van der Waals surface area contributed by atoms with Gasteiger partial charge in [0.1, 0.15) is 0 Å². The molecule has 3 aliphatic rings. The van der Waals surface area contributed by atoms with Crippen molar-refractivity contribution in [3.8, 4) is 0 Å². The zero-order chi connectivity index (χ0) is 18.1. The SMILES string of the molecule is Cc1ccc(Sc2ccc(C(=O)NC3C4CCN(CC4)C3C)cc2)cn1. The maximum Gasteiger partial charge on any atom is 0.251 e. The normalized spacial score (nSPS) is 27.3. The molecule has 1 N–H and O–H groups in total. The van der Waals surface area contributed by atoms with Crippen molar-refractivity contribution in [2.24, 2.45) is 5.92 Å². The van der Waals surface area contributed by atoms with Crippen molar-refractivity contribution >= 4 is 17.7 Å². The lowest BCUT2D eigenvalue weighted by Crippen LogP contribution is -2.62. The molecule has 3 fully saturated rings. The summed E-state index contributed by atoms with van der Waals surface area (Å²) in [4.78, 5) is 21.7. The van der Waals surface area contributed by atoms with Crippen molar-refractivity contribution in [2.45, 2.75) is 48.6 Å². The maximum absolute atomic E-state index is 12.7. The number of carbonyl (C=O) groups is 1. The van der Waals surface area contributed by atoms with E-state index in [0.717, 1.165) is 21.0 Å². The number of pyridine rings is 1. The van der Waals surface area contributed by atoms with Crippen molar-refractivity contribution < 1.29 is 4.79 Å². The summed E-state index contributed by atoms with van der Waals surface area (Å²) in [5.41, 5.74) is 1.75. The molecule has 26 heavy (non-hydrogen) atoms. The van der Waals surface area contributed by atoms with Crippen LogP contribution in [-0.2, 0) is 0 Å². The van der Waals surface area contributed by atoms with Crippen LogP contribution in [-0.4, -0.2) is 41.0 Å². The van der Waals surface area contributed by atoms with Gasteiger partial charge < -0.3 is 5.32 Å². The first kappa shape index (κ1) is 17.6. The Morgan fingerprint density at radius 3 is 2.42 bits per heavy atom. The minimum absolute atomic E-state index is 0.0455. The summed E-state index contributed by atoms with van der Waals surface area (Å²) >= 11 is 1.66. The van der Waals surface area contributed by atoms with Gasteiger partial charge in [0.05, 0.1) is 0 Å². The molecule has 5 rings (SSSR count). The zero-order valence-corrected chi connectivity index (χ0v) is 16.1. The highest BCUT2D eigenvalue weighted by Gasteiger charge is 2.40. The van der Waals surface area contributed by atoms with Gasteiger partial charge in [0, 0.05) is 39.3 Å². The predicted molar refractivity (Wildman–Crippen MR) is 105 cm³/mol. The van der Waals surface area contributed by atoms with Crippen molar-refractivity contribution in [3.05, 3.63) is 53.9 Å². The summed E-state index contributed by atoms with van der Waals surface area (Å²) in [6.45, 7) is 6.58. The first-order valence-electron chi connectivity index (χ1n) is 9.35. The molecule has 0 saturated carbocycles. The standard InChI is InChI=1S/C21H25N3OS/c1-14-3-6-19(13-22-14)26-18-7-4-17(5-8-18)21(25)23-20-15(2)24-11-9-16(20)10-12-24/h3-8,13,15-16,20H,9-12H2,1-2H3,(H,23,25). The predicted octanol–water partition coefficient (Wildman–Crippen LogP) is 3.75. The molecule has 2 bridgehead atoms. The number of benzene rings is 1. The summed E-state index contributed by atoms with van der Waals surface area (Å²) in [6, 6.07) is 12.7. The molecule has 5 heteroatoms. The van der Waals surface area contributed by atoms with Crippen LogP contribution < -0.4 is 5.32 Å². The molecular formula is C21H25N3OS. The fourth-order valence-electron chi connectivity index (χ4n) is 4.11. The van der Waals surface area contributed by atoms with Gasteiger partial charge in [-0.25, -0.2) is 0 Å². The van der Waals surface area contributed by atoms with E-state index >= 15 is 0 Å². The molecule has 1 aromatic carbocycles. The lowest BCUT2D eigenvalue weighted by Gasteiger charge is -2.49. The quantitative estimate of drug-likeness (QED) is 0.894. The number of aromatic nitrogens is 1. The van der Waals surface area contributed by atoms with E-state index in [4.69, 9.17) is 0 Å². The Morgan fingerprint density at radius 2 is 1.81 bits per heavy atom. The Hall–Kier alpha value is -1.85. The van der Waals surface area contributed by atoms with Crippen LogP contribution in [0, 0.1) is 12.8 Å². The van der Waals surface area contributed by atoms with Gasteiger partial charge in [-0.2, -0.15) is 0 Å². The third-order valence-electron chi connectivity index (χ3n) is 5.71. The molecule has 0 radical (unpaired) electrons. The molecule has 0 spiro atoms. The van der Waals surface area contributed by atoms with E-state index < -0.39 is 0 Å². The van der Waals surface area contributed by atoms with Crippen LogP contribution in [0.3, 0.4) is 0 Å². The fourth-order valence-corrected chi connectivity index (χ4v) is 4.89. The average Bonchev–Trinajstić information content (AvgIpc) is 2.67. The first-order chi connectivity index (χ1) is 12.6. The molecule has 136 valence electrons. The largest absolute Gasteiger partial charge is 0.347 e. The number of aryl methyl sites for hydroxylation is 1. The number of hydrogen-bond donors (Lipinski definition) is 1. The second-order valence-corrected chi connectivity index (χ2v) is 8.52. The van der Waals surface area contributed by atoms with E-state index in [0.29, 0.717) is 12.0 Å². The maximum atomic E-state index is 12.7. The van der Waals surface area contributed by atoms with Crippen molar-refractivity contribution in [3.63, 3.8) is 0 Å². The molecule has 3 saturated heterocycles. The van der Waals surface area contributed by atoms with Crippen LogP contribution in [0.4, 0.5) is 0 Å². The minimum Gasteiger partial charge on any atom is -0.347 e. The van der Waals surface area contributed by atoms with Crippen molar-refractivity contribution in [2.75, 3.05) is 13.1 Å².